The van der Waals surface area contributed by atoms with Crippen LogP contribution >= 0.6 is 23.2 Å². The lowest BCUT2D eigenvalue weighted by atomic mass is 9.96. The molecule has 4 rings (SSSR count). The molecule has 0 unspecified atom stereocenters. The van der Waals surface area contributed by atoms with E-state index in [0.717, 1.165) is 0 Å². The summed E-state index contributed by atoms with van der Waals surface area (Å²) < 4.78 is 5.48. The summed E-state index contributed by atoms with van der Waals surface area (Å²) in [4.78, 5) is 26.0. The summed E-state index contributed by atoms with van der Waals surface area (Å²) in [5.74, 6) is 1.57. The van der Waals surface area contributed by atoms with Gasteiger partial charge in [-0.2, -0.15) is 4.98 Å². The van der Waals surface area contributed by atoms with Crippen LogP contribution in [0.25, 0.3) is 11.5 Å². The number of rotatable bonds is 3. The molecule has 0 radical (unpaired) electrons. The molecule has 1 amide bonds. The SMILES string of the molecule is CC(C)(C)c1noc(-c2ccccc2C(=O)N2CCN(c3ncc(Cl)cc3Cl)CC2)n1. The van der Waals surface area contributed by atoms with Gasteiger partial charge in [0.2, 0.25) is 0 Å². The van der Waals surface area contributed by atoms with Crippen LogP contribution in [0, 0.1) is 0 Å². The molecule has 1 aliphatic rings. The largest absolute Gasteiger partial charge is 0.352 e. The van der Waals surface area contributed by atoms with E-state index in [2.05, 4.69) is 20.0 Å². The molecule has 31 heavy (non-hydrogen) atoms. The van der Waals surface area contributed by atoms with Gasteiger partial charge >= 0.3 is 0 Å². The Bertz CT molecular complexity index is 1100. The number of aromatic nitrogens is 3. The normalized spacial score (nSPS) is 14.7. The Morgan fingerprint density at radius 3 is 2.45 bits per heavy atom. The average molecular weight is 460 g/mol. The van der Waals surface area contributed by atoms with Crippen molar-refractivity contribution in [3.8, 4) is 11.5 Å². The fraction of sp³-hybridized carbons (Fsp3) is 0.364. The number of benzene rings is 1. The summed E-state index contributed by atoms with van der Waals surface area (Å²) in [6.45, 7) is 8.38. The standard InChI is InChI=1S/C22H23Cl2N5O2/c1-22(2,3)21-26-19(31-27-21)15-6-4-5-7-16(15)20(30)29-10-8-28(9-11-29)18-17(24)12-14(23)13-25-18/h4-7,12-13H,8-11H2,1-3H3. The average Bonchev–Trinajstić information content (AvgIpc) is 3.24. The number of halogens is 2. The highest BCUT2D eigenvalue weighted by molar-refractivity contribution is 6.36. The molecule has 0 saturated carbocycles. The zero-order valence-corrected chi connectivity index (χ0v) is 19.1. The Labute approximate surface area is 191 Å². The topological polar surface area (TPSA) is 75.4 Å². The summed E-state index contributed by atoms with van der Waals surface area (Å²) in [6, 6.07) is 9.00. The Kier molecular flexibility index (Phi) is 5.90. The van der Waals surface area contributed by atoms with Gasteiger partial charge < -0.3 is 14.3 Å². The van der Waals surface area contributed by atoms with Crippen molar-refractivity contribution in [1.82, 2.24) is 20.0 Å². The minimum atomic E-state index is -0.242. The first-order chi connectivity index (χ1) is 14.7. The number of amides is 1. The van der Waals surface area contributed by atoms with E-state index in [1.54, 1.807) is 18.3 Å². The lowest BCUT2D eigenvalue weighted by Crippen LogP contribution is -2.49. The van der Waals surface area contributed by atoms with Crippen molar-refractivity contribution in [2.75, 3.05) is 31.1 Å². The van der Waals surface area contributed by atoms with Crippen molar-refractivity contribution in [1.29, 1.82) is 0 Å². The highest BCUT2D eigenvalue weighted by Crippen LogP contribution is 2.29. The minimum Gasteiger partial charge on any atom is -0.352 e. The fourth-order valence-electron chi connectivity index (χ4n) is 3.43. The van der Waals surface area contributed by atoms with Crippen molar-refractivity contribution in [2.24, 2.45) is 0 Å². The number of carbonyl (C=O) groups excluding carboxylic acids is 1. The molecule has 1 aromatic carbocycles. The molecular formula is C22H23Cl2N5O2. The molecule has 9 heteroatoms. The summed E-state index contributed by atoms with van der Waals surface area (Å²) in [6.07, 6.45) is 1.58. The van der Waals surface area contributed by atoms with E-state index in [1.165, 1.54) is 0 Å². The van der Waals surface area contributed by atoms with Gasteiger partial charge in [-0.1, -0.05) is 61.3 Å². The van der Waals surface area contributed by atoms with E-state index in [0.29, 0.717) is 64.9 Å². The maximum atomic E-state index is 13.3. The minimum absolute atomic E-state index is 0.0686. The molecule has 0 spiro atoms. The molecule has 0 bridgehead atoms. The Hall–Kier alpha value is -2.64. The number of hydrogen-bond acceptors (Lipinski definition) is 6. The first-order valence-electron chi connectivity index (χ1n) is 10.0. The first kappa shape index (κ1) is 21.6. The van der Waals surface area contributed by atoms with Gasteiger partial charge in [-0.25, -0.2) is 4.98 Å². The van der Waals surface area contributed by atoms with Crippen LogP contribution in [0.4, 0.5) is 5.82 Å². The predicted molar refractivity (Wildman–Crippen MR) is 121 cm³/mol. The second-order valence-electron chi connectivity index (χ2n) is 8.46. The predicted octanol–water partition coefficient (Wildman–Crippen LogP) is 4.70. The third-order valence-corrected chi connectivity index (χ3v) is 5.62. The molecule has 1 fully saturated rings. The van der Waals surface area contributed by atoms with Crippen molar-refractivity contribution in [2.45, 2.75) is 26.2 Å². The van der Waals surface area contributed by atoms with Crippen LogP contribution < -0.4 is 4.90 Å². The lowest BCUT2D eigenvalue weighted by molar-refractivity contribution is 0.0747. The summed E-state index contributed by atoms with van der Waals surface area (Å²) in [7, 11) is 0. The van der Waals surface area contributed by atoms with E-state index in [1.807, 2.05) is 43.9 Å². The quantitative estimate of drug-likeness (QED) is 0.564. The smallest absolute Gasteiger partial charge is 0.258 e. The van der Waals surface area contributed by atoms with Crippen LogP contribution in [0.2, 0.25) is 10.0 Å². The van der Waals surface area contributed by atoms with Crippen LogP contribution in [0.1, 0.15) is 37.0 Å². The van der Waals surface area contributed by atoms with Crippen molar-refractivity contribution in [3.63, 3.8) is 0 Å². The Morgan fingerprint density at radius 2 is 1.81 bits per heavy atom. The first-order valence-corrected chi connectivity index (χ1v) is 10.8. The van der Waals surface area contributed by atoms with Crippen molar-refractivity contribution >= 4 is 34.9 Å². The van der Waals surface area contributed by atoms with E-state index >= 15 is 0 Å². The number of nitrogens with zero attached hydrogens (tertiary/aromatic N) is 5. The zero-order chi connectivity index (χ0) is 22.2. The van der Waals surface area contributed by atoms with E-state index in [9.17, 15) is 4.79 Å². The maximum absolute atomic E-state index is 13.3. The molecule has 1 aliphatic heterocycles. The summed E-state index contributed by atoms with van der Waals surface area (Å²) in [5, 5.41) is 5.09. The molecular weight excluding hydrogens is 437 g/mol. The highest BCUT2D eigenvalue weighted by atomic mass is 35.5. The van der Waals surface area contributed by atoms with Crippen LogP contribution in [0.3, 0.4) is 0 Å². The van der Waals surface area contributed by atoms with Gasteiger partial charge in [0.1, 0.15) is 5.82 Å². The van der Waals surface area contributed by atoms with Gasteiger partial charge in [-0.15, -0.1) is 0 Å². The van der Waals surface area contributed by atoms with E-state index < -0.39 is 0 Å². The van der Waals surface area contributed by atoms with Crippen molar-refractivity contribution in [3.05, 3.63) is 58.0 Å². The Morgan fingerprint density at radius 1 is 1.10 bits per heavy atom. The molecule has 3 aromatic rings. The van der Waals surface area contributed by atoms with Gasteiger partial charge in [0.05, 0.1) is 21.2 Å². The molecule has 162 valence electrons. The van der Waals surface area contributed by atoms with Crippen LogP contribution in [0.5, 0.6) is 0 Å². The van der Waals surface area contributed by atoms with Crippen molar-refractivity contribution < 1.29 is 9.32 Å². The van der Waals surface area contributed by atoms with Gasteiger partial charge in [0.15, 0.2) is 5.82 Å². The molecule has 0 atom stereocenters. The van der Waals surface area contributed by atoms with Gasteiger partial charge in [0.25, 0.3) is 11.8 Å². The van der Waals surface area contributed by atoms with Gasteiger partial charge in [0, 0.05) is 37.8 Å². The molecule has 0 aliphatic carbocycles. The monoisotopic (exact) mass is 459 g/mol. The third kappa shape index (κ3) is 4.52. The summed E-state index contributed by atoms with van der Waals surface area (Å²) >= 11 is 12.2. The third-order valence-electron chi connectivity index (χ3n) is 5.14. The fourth-order valence-corrected chi connectivity index (χ4v) is 3.92. The van der Waals surface area contributed by atoms with E-state index in [4.69, 9.17) is 27.7 Å². The van der Waals surface area contributed by atoms with Crippen LogP contribution in [-0.4, -0.2) is 52.1 Å². The molecule has 2 aromatic heterocycles. The zero-order valence-electron chi connectivity index (χ0n) is 17.6. The molecule has 0 N–H and O–H groups in total. The van der Waals surface area contributed by atoms with Crippen LogP contribution in [-0.2, 0) is 5.41 Å². The Balaban J connectivity index is 1.52. The number of anilines is 1. The summed E-state index contributed by atoms with van der Waals surface area (Å²) in [5.41, 5.74) is 0.941. The number of hydrogen-bond donors (Lipinski definition) is 0. The second-order valence-corrected chi connectivity index (χ2v) is 9.30. The van der Waals surface area contributed by atoms with Gasteiger partial charge in [-0.05, 0) is 18.2 Å². The maximum Gasteiger partial charge on any atom is 0.258 e. The molecule has 7 nitrogen and oxygen atoms in total. The second kappa shape index (κ2) is 8.48. The highest BCUT2D eigenvalue weighted by Gasteiger charge is 2.28. The number of piperazine rings is 1. The van der Waals surface area contributed by atoms with E-state index in [-0.39, 0.29) is 11.3 Å². The van der Waals surface area contributed by atoms with Gasteiger partial charge in [-0.3, -0.25) is 4.79 Å². The number of carbonyl (C=O) groups is 1. The molecule has 3 heterocycles. The lowest BCUT2D eigenvalue weighted by Gasteiger charge is -2.36. The molecule has 1 saturated heterocycles. The number of pyridine rings is 1. The van der Waals surface area contributed by atoms with Crippen LogP contribution in [0.15, 0.2) is 41.1 Å².